The van der Waals surface area contributed by atoms with E-state index in [2.05, 4.69) is 0 Å². The number of rotatable bonds is 3. The van der Waals surface area contributed by atoms with E-state index < -0.39 is 5.97 Å². The molecule has 0 aliphatic heterocycles. The maximum atomic E-state index is 10.8. The monoisotopic (exact) mass is 240 g/mol. The third-order valence-corrected chi connectivity index (χ3v) is 2.49. The van der Waals surface area contributed by atoms with Gasteiger partial charge in [0.05, 0.1) is 6.61 Å². The van der Waals surface area contributed by atoms with Crippen LogP contribution in [0.15, 0.2) is 22.6 Å². The molecule has 16 heavy (non-hydrogen) atoms. The van der Waals surface area contributed by atoms with Crippen LogP contribution in [-0.4, -0.2) is 17.7 Å². The minimum atomic E-state index is -1.19. The summed E-state index contributed by atoms with van der Waals surface area (Å²) in [6.07, 6.45) is 0. The van der Waals surface area contributed by atoms with Gasteiger partial charge in [-0.3, -0.25) is 0 Å². The summed E-state index contributed by atoms with van der Waals surface area (Å²) in [6.45, 7) is 2.31. The van der Waals surface area contributed by atoms with E-state index in [-0.39, 0.29) is 10.8 Å². The zero-order chi connectivity index (χ0) is 11.7. The fourth-order valence-electron chi connectivity index (χ4n) is 1.47. The van der Waals surface area contributed by atoms with E-state index in [0.29, 0.717) is 23.3 Å². The summed E-state index contributed by atoms with van der Waals surface area (Å²) >= 11 is 5.89. The molecule has 1 heterocycles. The van der Waals surface area contributed by atoms with Crippen molar-refractivity contribution in [1.82, 2.24) is 0 Å². The number of fused-ring (bicyclic) bond motifs is 1. The number of ether oxygens (including phenoxy) is 1. The molecule has 0 saturated carbocycles. The van der Waals surface area contributed by atoms with E-state index in [4.69, 9.17) is 25.9 Å². The van der Waals surface area contributed by atoms with Crippen LogP contribution in [0.4, 0.5) is 0 Å². The molecular weight excluding hydrogens is 232 g/mol. The average Bonchev–Trinajstić information content (AvgIpc) is 2.58. The molecule has 1 aromatic carbocycles. The summed E-state index contributed by atoms with van der Waals surface area (Å²) in [5.74, 6) is -0.957. The normalized spacial score (nSPS) is 10.6. The van der Waals surface area contributed by atoms with Gasteiger partial charge in [0.1, 0.15) is 5.02 Å². The van der Waals surface area contributed by atoms with Gasteiger partial charge in [-0.2, -0.15) is 0 Å². The number of aromatic carboxylic acids is 1. The Bertz CT molecular complexity index is 544. The van der Waals surface area contributed by atoms with Crippen molar-refractivity contribution in [2.75, 3.05) is 6.61 Å². The number of carbonyl (C=O) groups is 1. The molecule has 0 fully saturated rings. The number of halogens is 1. The zero-order valence-corrected chi connectivity index (χ0v) is 9.25. The van der Waals surface area contributed by atoms with Crippen molar-refractivity contribution >= 4 is 28.5 Å². The molecule has 0 spiro atoms. The van der Waals surface area contributed by atoms with E-state index in [9.17, 15) is 4.79 Å². The second kappa shape index (κ2) is 4.06. The van der Waals surface area contributed by atoms with E-state index in [1.807, 2.05) is 6.92 Å². The van der Waals surface area contributed by atoms with Crippen molar-refractivity contribution < 1.29 is 19.1 Å². The largest absolute Gasteiger partial charge is 0.490 e. The third kappa shape index (κ3) is 1.61. The highest BCUT2D eigenvalue weighted by Crippen LogP contribution is 2.35. The highest BCUT2D eigenvalue weighted by atomic mass is 35.5. The standard InChI is InChI=1S/C11H9ClO4/c1-2-15-7-5-3-4-6-8(12)10(11(13)14)16-9(6)7/h3-5H,2H2,1H3,(H,13,14). The van der Waals surface area contributed by atoms with Crippen LogP contribution in [0.25, 0.3) is 11.0 Å². The summed E-state index contributed by atoms with van der Waals surface area (Å²) in [4.78, 5) is 10.8. The molecule has 1 N–H and O–H groups in total. The summed E-state index contributed by atoms with van der Waals surface area (Å²) in [6, 6.07) is 5.13. The first-order chi connectivity index (χ1) is 7.65. The molecule has 2 aromatic rings. The molecule has 0 unspecified atom stereocenters. The smallest absolute Gasteiger partial charge is 0.373 e. The van der Waals surface area contributed by atoms with Crippen LogP contribution in [0.3, 0.4) is 0 Å². The van der Waals surface area contributed by atoms with Gasteiger partial charge in [0.15, 0.2) is 11.3 Å². The molecule has 1 aromatic heterocycles. The number of furan rings is 1. The SMILES string of the molecule is CCOc1cccc2c(Cl)c(C(=O)O)oc12. The van der Waals surface area contributed by atoms with Gasteiger partial charge in [0, 0.05) is 5.39 Å². The van der Waals surface area contributed by atoms with Crippen LogP contribution in [0.2, 0.25) is 5.02 Å². The number of hydrogen-bond donors (Lipinski definition) is 1. The Hall–Kier alpha value is -1.68. The Morgan fingerprint density at radius 3 is 2.94 bits per heavy atom. The number of para-hydroxylation sites is 1. The molecule has 0 aliphatic carbocycles. The quantitative estimate of drug-likeness (QED) is 0.895. The molecule has 0 saturated heterocycles. The van der Waals surface area contributed by atoms with Crippen LogP contribution < -0.4 is 4.74 Å². The van der Waals surface area contributed by atoms with Crippen LogP contribution in [0, 0.1) is 0 Å². The van der Waals surface area contributed by atoms with Gasteiger partial charge in [0.25, 0.3) is 0 Å². The molecule has 84 valence electrons. The predicted octanol–water partition coefficient (Wildman–Crippen LogP) is 3.18. The van der Waals surface area contributed by atoms with Gasteiger partial charge in [-0.1, -0.05) is 17.7 Å². The molecule has 0 bridgehead atoms. The van der Waals surface area contributed by atoms with Crippen LogP contribution in [-0.2, 0) is 0 Å². The average molecular weight is 241 g/mol. The number of hydrogen-bond acceptors (Lipinski definition) is 3. The Kier molecular flexibility index (Phi) is 2.75. The van der Waals surface area contributed by atoms with Crippen molar-refractivity contribution in [1.29, 1.82) is 0 Å². The molecule has 0 atom stereocenters. The predicted molar refractivity (Wildman–Crippen MR) is 59.4 cm³/mol. The maximum Gasteiger partial charge on any atom is 0.373 e. The Labute approximate surface area is 96.4 Å². The fourth-order valence-corrected chi connectivity index (χ4v) is 1.74. The molecule has 4 nitrogen and oxygen atoms in total. The van der Waals surface area contributed by atoms with Crippen molar-refractivity contribution in [2.24, 2.45) is 0 Å². The van der Waals surface area contributed by atoms with Gasteiger partial charge >= 0.3 is 5.97 Å². The molecule has 0 amide bonds. The Morgan fingerprint density at radius 2 is 2.31 bits per heavy atom. The molecular formula is C11H9ClO4. The number of carboxylic acid groups (broad SMARTS) is 1. The third-order valence-electron chi connectivity index (χ3n) is 2.11. The summed E-state index contributed by atoms with van der Waals surface area (Å²) in [5.41, 5.74) is 0.367. The van der Waals surface area contributed by atoms with E-state index in [1.54, 1.807) is 18.2 Å². The van der Waals surface area contributed by atoms with E-state index >= 15 is 0 Å². The van der Waals surface area contributed by atoms with Crippen molar-refractivity contribution in [2.45, 2.75) is 6.92 Å². The van der Waals surface area contributed by atoms with E-state index in [0.717, 1.165) is 0 Å². The summed E-state index contributed by atoms with van der Waals surface area (Å²) in [5, 5.41) is 9.52. The summed E-state index contributed by atoms with van der Waals surface area (Å²) in [7, 11) is 0. The topological polar surface area (TPSA) is 59.7 Å². The zero-order valence-electron chi connectivity index (χ0n) is 8.49. The van der Waals surface area contributed by atoms with Crippen LogP contribution >= 0.6 is 11.6 Å². The van der Waals surface area contributed by atoms with Gasteiger partial charge in [-0.15, -0.1) is 0 Å². The summed E-state index contributed by atoms with van der Waals surface area (Å²) < 4.78 is 10.5. The first-order valence-electron chi connectivity index (χ1n) is 4.72. The molecule has 0 radical (unpaired) electrons. The lowest BCUT2D eigenvalue weighted by molar-refractivity contribution is 0.0665. The number of carboxylic acids is 1. The van der Waals surface area contributed by atoms with Crippen molar-refractivity contribution in [3.63, 3.8) is 0 Å². The molecule has 2 rings (SSSR count). The molecule has 5 heteroatoms. The lowest BCUT2D eigenvalue weighted by Gasteiger charge is -2.01. The first-order valence-corrected chi connectivity index (χ1v) is 5.10. The van der Waals surface area contributed by atoms with Crippen molar-refractivity contribution in [3.05, 3.63) is 29.0 Å². The van der Waals surface area contributed by atoms with Gasteiger partial charge in [-0.05, 0) is 19.1 Å². The minimum Gasteiger partial charge on any atom is -0.490 e. The fraction of sp³-hybridized carbons (Fsp3) is 0.182. The first kappa shape index (κ1) is 10.8. The van der Waals surface area contributed by atoms with E-state index in [1.165, 1.54) is 0 Å². The number of benzene rings is 1. The maximum absolute atomic E-state index is 10.8. The lowest BCUT2D eigenvalue weighted by atomic mass is 10.2. The Morgan fingerprint density at radius 1 is 1.56 bits per heavy atom. The minimum absolute atomic E-state index is 0.101. The highest BCUT2D eigenvalue weighted by molar-refractivity contribution is 6.38. The van der Waals surface area contributed by atoms with Gasteiger partial charge < -0.3 is 14.3 Å². The Balaban J connectivity index is 2.70. The lowest BCUT2D eigenvalue weighted by Crippen LogP contribution is -1.93. The van der Waals surface area contributed by atoms with Crippen molar-refractivity contribution in [3.8, 4) is 5.75 Å². The highest BCUT2D eigenvalue weighted by Gasteiger charge is 2.20. The van der Waals surface area contributed by atoms with Gasteiger partial charge in [-0.25, -0.2) is 4.79 Å². The van der Waals surface area contributed by atoms with Gasteiger partial charge in [0.2, 0.25) is 5.76 Å². The second-order valence-corrected chi connectivity index (χ2v) is 3.49. The second-order valence-electron chi connectivity index (χ2n) is 3.12. The van der Waals surface area contributed by atoms with Crippen LogP contribution in [0.5, 0.6) is 5.75 Å². The molecule has 0 aliphatic rings. The van der Waals surface area contributed by atoms with Crippen LogP contribution in [0.1, 0.15) is 17.5 Å².